The Balaban J connectivity index is 0. The van der Waals surface area contributed by atoms with E-state index >= 15 is 0 Å². The molecule has 0 aliphatic heterocycles. The minimum atomic E-state index is 0. The van der Waals surface area contributed by atoms with Crippen molar-refractivity contribution in [1.29, 1.82) is 0 Å². The van der Waals surface area contributed by atoms with Crippen molar-refractivity contribution in [2.45, 2.75) is 56.4 Å². The quantitative estimate of drug-likeness (QED) is 0.458. The van der Waals surface area contributed by atoms with Crippen LogP contribution in [0.4, 0.5) is 0 Å². The fourth-order valence-corrected chi connectivity index (χ4v) is 2.17. The van der Waals surface area contributed by atoms with Gasteiger partial charge in [0.2, 0.25) is 0 Å². The Bertz CT molecular complexity index is 577. The maximum Gasteiger partial charge on any atom is 0.191 e. The van der Waals surface area contributed by atoms with Gasteiger partial charge in [0.25, 0.3) is 0 Å². The Morgan fingerprint density at radius 1 is 0.750 bits per heavy atom. The van der Waals surface area contributed by atoms with Crippen LogP contribution < -0.4 is 0 Å². The van der Waals surface area contributed by atoms with Gasteiger partial charge in [-0.15, -0.1) is 11.3 Å². The van der Waals surface area contributed by atoms with E-state index in [0.29, 0.717) is 0 Å². The molecular weight excluding hydrogens is 316 g/mol. The van der Waals surface area contributed by atoms with Crippen molar-refractivity contribution in [2.75, 3.05) is 0 Å². The lowest BCUT2D eigenvalue weighted by atomic mass is 10.2. The molecule has 0 N–H and O–H groups in total. The highest BCUT2D eigenvalue weighted by Crippen LogP contribution is 2.04. The SMILES string of the molecule is C.C.Cc1ccc(C)cc1.Cc1coc(C)n1.Cc1csc(C)n1. The lowest BCUT2D eigenvalue weighted by Gasteiger charge is -1.90. The zero-order valence-electron chi connectivity index (χ0n) is 14.2. The standard InChI is InChI=1S/C8H10.C5H7NO.C5H7NS.2CH4/c1-7-3-5-8(2)6-4-7;2*1-4-3-7-5(2)6-4;;/h3-6H,1-2H3;2*3H,1-2H3;2*1H4. The second-order valence-corrected chi connectivity index (χ2v) is 6.23. The van der Waals surface area contributed by atoms with Gasteiger partial charge in [0.05, 0.1) is 10.7 Å². The molecular formula is C20H32N2OS. The van der Waals surface area contributed by atoms with E-state index in [1.807, 2.05) is 27.7 Å². The number of benzene rings is 1. The van der Waals surface area contributed by atoms with E-state index in [1.54, 1.807) is 17.6 Å². The lowest BCUT2D eigenvalue weighted by molar-refractivity contribution is 0.521. The zero-order chi connectivity index (χ0) is 16.5. The van der Waals surface area contributed by atoms with Crippen LogP contribution in [0.3, 0.4) is 0 Å². The van der Waals surface area contributed by atoms with Crippen LogP contribution >= 0.6 is 11.3 Å². The number of oxazole rings is 1. The predicted molar refractivity (Wildman–Crippen MR) is 107 cm³/mol. The summed E-state index contributed by atoms with van der Waals surface area (Å²) in [6, 6.07) is 8.48. The van der Waals surface area contributed by atoms with Gasteiger partial charge in [-0.3, -0.25) is 0 Å². The maximum atomic E-state index is 4.85. The summed E-state index contributed by atoms with van der Waals surface area (Å²) in [5, 5.41) is 3.20. The van der Waals surface area contributed by atoms with Gasteiger partial charge in [0.1, 0.15) is 6.26 Å². The van der Waals surface area contributed by atoms with Gasteiger partial charge >= 0.3 is 0 Å². The second-order valence-electron chi connectivity index (χ2n) is 5.17. The number of aryl methyl sites for hydroxylation is 6. The fraction of sp³-hybridized carbons (Fsp3) is 0.400. The summed E-state index contributed by atoms with van der Waals surface area (Å²) in [5.41, 5.74) is 4.73. The molecule has 134 valence electrons. The molecule has 0 aliphatic carbocycles. The van der Waals surface area contributed by atoms with Crippen LogP contribution in [0.1, 0.15) is 48.3 Å². The first kappa shape index (κ1) is 24.3. The van der Waals surface area contributed by atoms with Crippen LogP contribution in [0, 0.1) is 41.5 Å². The lowest BCUT2D eigenvalue weighted by Crippen LogP contribution is -1.70. The number of nitrogens with zero attached hydrogens (tertiary/aromatic N) is 2. The van der Waals surface area contributed by atoms with Gasteiger partial charge in [-0.2, -0.15) is 0 Å². The molecule has 0 amide bonds. The topological polar surface area (TPSA) is 38.9 Å². The summed E-state index contributed by atoms with van der Waals surface area (Å²) in [6.07, 6.45) is 1.63. The molecule has 3 aromatic rings. The first-order valence-electron chi connectivity index (χ1n) is 7.17. The molecule has 3 nitrogen and oxygen atoms in total. The summed E-state index contributed by atoms with van der Waals surface area (Å²) in [4.78, 5) is 8.07. The van der Waals surface area contributed by atoms with E-state index in [9.17, 15) is 0 Å². The van der Waals surface area contributed by atoms with Crippen LogP contribution in [0.25, 0.3) is 0 Å². The van der Waals surface area contributed by atoms with Gasteiger partial charge in [0.15, 0.2) is 5.89 Å². The molecule has 0 saturated carbocycles. The van der Waals surface area contributed by atoms with Crippen molar-refractivity contribution >= 4 is 11.3 Å². The summed E-state index contributed by atoms with van der Waals surface area (Å²) < 4.78 is 4.85. The van der Waals surface area contributed by atoms with Crippen LogP contribution in [-0.4, -0.2) is 9.97 Å². The Hall–Kier alpha value is -1.94. The summed E-state index contributed by atoms with van der Waals surface area (Å²) in [6.45, 7) is 11.9. The molecule has 4 heteroatoms. The van der Waals surface area contributed by atoms with Gasteiger partial charge in [-0.25, -0.2) is 9.97 Å². The predicted octanol–water partition coefficient (Wildman–Crippen LogP) is 6.63. The molecule has 0 bridgehead atoms. The first-order chi connectivity index (χ1) is 10.4. The first-order valence-corrected chi connectivity index (χ1v) is 8.05. The Kier molecular flexibility index (Phi) is 12.6. The van der Waals surface area contributed by atoms with Crippen LogP contribution in [0.2, 0.25) is 0 Å². The molecule has 0 spiro atoms. The monoisotopic (exact) mass is 348 g/mol. The molecule has 1 aromatic carbocycles. The van der Waals surface area contributed by atoms with E-state index in [0.717, 1.165) is 22.3 Å². The molecule has 0 atom stereocenters. The van der Waals surface area contributed by atoms with E-state index in [2.05, 4.69) is 53.5 Å². The van der Waals surface area contributed by atoms with Gasteiger partial charge in [0, 0.05) is 18.0 Å². The average Bonchev–Trinajstić information content (AvgIpc) is 3.02. The molecule has 0 unspecified atom stereocenters. The molecule has 3 rings (SSSR count). The summed E-state index contributed by atoms with van der Waals surface area (Å²) in [5.74, 6) is 0.734. The third-order valence-corrected chi connectivity index (χ3v) is 3.58. The third kappa shape index (κ3) is 10.7. The maximum absolute atomic E-state index is 4.85. The van der Waals surface area contributed by atoms with Crippen molar-refractivity contribution in [1.82, 2.24) is 9.97 Å². The van der Waals surface area contributed by atoms with Gasteiger partial charge in [-0.05, 0) is 34.6 Å². The smallest absolute Gasteiger partial charge is 0.191 e. The number of hydrogen-bond donors (Lipinski definition) is 0. The van der Waals surface area contributed by atoms with Crippen LogP contribution in [0.15, 0.2) is 40.3 Å². The molecule has 2 heterocycles. The third-order valence-electron chi connectivity index (χ3n) is 2.69. The molecule has 0 saturated heterocycles. The van der Waals surface area contributed by atoms with Crippen LogP contribution in [0.5, 0.6) is 0 Å². The number of thiazole rings is 1. The van der Waals surface area contributed by atoms with Gasteiger partial charge < -0.3 is 4.42 Å². The molecule has 24 heavy (non-hydrogen) atoms. The minimum Gasteiger partial charge on any atom is -0.449 e. The molecule has 0 fully saturated rings. The Labute approximate surface area is 151 Å². The average molecular weight is 349 g/mol. The Morgan fingerprint density at radius 3 is 1.42 bits per heavy atom. The number of aromatic nitrogens is 2. The molecule has 0 aliphatic rings. The van der Waals surface area contributed by atoms with Crippen molar-refractivity contribution in [3.8, 4) is 0 Å². The van der Waals surface area contributed by atoms with Gasteiger partial charge in [-0.1, -0.05) is 50.2 Å². The van der Waals surface area contributed by atoms with E-state index in [-0.39, 0.29) is 14.9 Å². The zero-order valence-corrected chi connectivity index (χ0v) is 15.0. The highest BCUT2D eigenvalue weighted by atomic mass is 32.1. The number of rotatable bonds is 0. The van der Waals surface area contributed by atoms with Crippen molar-refractivity contribution in [2.24, 2.45) is 0 Å². The minimum absolute atomic E-state index is 0. The summed E-state index contributed by atoms with van der Waals surface area (Å²) >= 11 is 1.69. The van der Waals surface area contributed by atoms with E-state index < -0.39 is 0 Å². The molecule has 2 aromatic heterocycles. The second kappa shape index (κ2) is 12.5. The van der Waals surface area contributed by atoms with E-state index in [1.165, 1.54) is 11.1 Å². The largest absolute Gasteiger partial charge is 0.449 e. The Morgan fingerprint density at radius 2 is 1.25 bits per heavy atom. The fourth-order valence-electron chi connectivity index (χ4n) is 1.58. The highest BCUT2D eigenvalue weighted by molar-refractivity contribution is 7.09. The van der Waals surface area contributed by atoms with Crippen LogP contribution in [-0.2, 0) is 0 Å². The normalized spacial score (nSPS) is 8.58. The molecule has 0 radical (unpaired) electrons. The van der Waals surface area contributed by atoms with Crippen molar-refractivity contribution in [3.05, 3.63) is 69.3 Å². The van der Waals surface area contributed by atoms with Crippen molar-refractivity contribution < 1.29 is 4.42 Å². The van der Waals surface area contributed by atoms with E-state index in [4.69, 9.17) is 4.42 Å². The number of hydrogen-bond acceptors (Lipinski definition) is 4. The van der Waals surface area contributed by atoms with Crippen molar-refractivity contribution in [3.63, 3.8) is 0 Å². The summed E-state index contributed by atoms with van der Waals surface area (Å²) in [7, 11) is 0. The highest BCUT2D eigenvalue weighted by Gasteiger charge is 1.87.